The van der Waals surface area contributed by atoms with Crippen molar-refractivity contribution in [3.63, 3.8) is 0 Å². The van der Waals surface area contributed by atoms with Crippen LogP contribution in [0, 0.1) is 11.3 Å². The molecule has 0 heterocycles. The minimum Gasteiger partial charge on any atom is -0.392 e. The molecule has 1 heteroatoms. The average molecular weight is 218 g/mol. The number of rotatable bonds is 2. The van der Waals surface area contributed by atoms with E-state index in [0.717, 1.165) is 18.4 Å². The van der Waals surface area contributed by atoms with Gasteiger partial charge < -0.3 is 5.11 Å². The molecule has 2 atom stereocenters. The zero-order valence-electron chi connectivity index (χ0n) is 10.4. The van der Waals surface area contributed by atoms with Crippen molar-refractivity contribution >= 4 is 0 Å². The molecule has 1 nitrogen and oxygen atoms in total. The van der Waals surface area contributed by atoms with Gasteiger partial charge in [0.25, 0.3) is 0 Å². The van der Waals surface area contributed by atoms with Crippen LogP contribution in [0.1, 0.15) is 39.5 Å². The second kappa shape index (κ2) is 4.21. The molecule has 0 saturated heterocycles. The maximum absolute atomic E-state index is 9.09. The highest BCUT2D eigenvalue weighted by molar-refractivity contribution is 5.31. The summed E-state index contributed by atoms with van der Waals surface area (Å²) in [5.41, 5.74) is 4.43. The Labute approximate surface area is 98.6 Å². The lowest BCUT2D eigenvalue weighted by atomic mass is 9.71. The predicted octanol–water partition coefficient (Wildman–Crippen LogP) is 3.62. The number of allylic oxidation sites excluding steroid dienone is 4. The van der Waals surface area contributed by atoms with E-state index in [0.29, 0.717) is 11.3 Å². The molecular weight excluding hydrogens is 196 g/mol. The van der Waals surface area contributed by atoms with E-state index in [4.69, 9.17) is 5.11 Å². The summed E-state index contributed by atoms with van der Waals surface area (Å²) in [5, 5.41) is 9.09. The SMILES string of the molecule is C=C1CC[C@@](C)(C2=CCC(CO)=CC2)[C@H]1C. The number of aliphatic hydroxyl groups excluding tert-OH is 1. The van der Waals surface area contributed by atoms with Crippen molar-refractivity contribution in [3.05, 3.63) is 35.5 Å². The molecule has 1 N–H and O–H groups in total. The third-order valence-electron chi connectivity index (χ3n) is 4.69. The third kappa shape index (κ3) is 1.78. The normalized spacial score (nSPS) is 34.9. The maximum atomic E-state index is 9.09. The fraction of sp³-hybridized carbons (Fsp3) is 0.600. The molecule has 0 aromatic carbocycles. The molecule has 16 heavy (non-hydrogen) atoms. The highest BCUT2D eigenvalue weighted by Crippen LogP contribution is 2.52. The van der Waals surface area contributed by atoms with Crippen LogP contribution < -0.4 is 0 Å². The van der Waals surface area contributed by atoms with Gasteiger partial charge in [-0.05, 0) is 42.6 Å². The fourth-order valence-electron chi connectivity index (χ4n) is 3.01. The monoisotopic (exact) mass is 218 g/mol. The van der Waals surface area contributed by atoms with Crippen LogP contribution in [0.5, 0.6) is 0 Å². The van der Waals surface area contributed by atoms with Gasteiger partial charge in [-0.2, -0.15) is 0 Å². The third-order valence-corrected chi connectivity index (χ3v) is 4.69. The summed E-state index contributed by atoms with van der Waals surface area (Å²) in [7, 11) is 0. The van der Waals surface area contributed by atoms with Gasteiger partial charge in [0, 0.05) is 0 Å². The van der Waals surface area contributed by atoms with Gasteiger partial charge in [0.2, 0.25) is 0 Å². The van der Waals surface area contributed by atoms with Crippen LogP contribution >= 0.6 is 0 Å². The largest absolute Gasteiger partial charge is 0.392 e. The van der Waals surface area contributed by atoms with Gasteiger partial charge in [-0.25, -0.2) is 0 Å². The Morgan fingerprint density at radius 3 is 2.62 bits per heavy atom. The minimum absolute atomic E-state index is 0.211. The molecule has 0 radical (unpaired) electrons. The summed E-state index contributed by atoms with van der Waals surface area (Å²) < 4.78 is 0. The molecule has 0 amide bonds. The lowest BCUT2D eigenvalue weighted by Gasteiger charge is -2.34. The van der Waals surface area contributed by atoms with Crippen molar-refractivity contribution in [2.45, 2.75) is 39.5 Å². The Kier molecular flexibility index (Phi) is 3.07. The van der Waals surface area contributed by atoms with Gasteiger partial charge in [0.15, 0.2) is 0 Å². The molecule has 0 aromatic heterocycles. The van der Waals surface area contributed by atoms with Crippen molar-refractivity contribution in [2.24, 2.45) is 11.3 Å². The van der Waals surface area contributed by atoms with E-state index >= 15 is 0 Å². The first-order valence-corrected chi connectivity index (χ1v) is 6.24. The first kappa shape index (κ1) is 11.7. The lowest BCUT2D eigenvalue weighted by molar-refractivity contribution is 0.314. The zero-order chi connectivity index (χ0) is 11.8. The van der Waals surface area contributed by atoms with Crippen LogP contribution in [-0.2, 0) is 0 Å². The molecule has 1 saturated carbocycles. The Morgan fingerprint density at radius 2 is 2.19 bits per heavy atom. The quantitative estimate of drug-likeness (QED) is 0.702. The van der Waals surface area contributed by atoms with E-state index in [1.54, 1.807) is 5.57 Å². The van der Waals surface area contributed by atoms with E-state index in [9.17, 15) is 0 Å². The highest BCUT2D eigenvalue weighted by Gasteiger charge is 2.40. The molecule has 2 aliphatic rings. The first-order valence-electron chi connectivity index (χ1n) is 6.24. The van der Waals surface area contributed by atoms with Gasteiger partial charge in [-0.1, -0.05) is 43.7 Å². The Morgan fingerprint density at radius 1 is 1.44 bits per heavy atom. The highest BCUT2D eigenvalue weighted by atomic mass is 16.3. The van der Waals surface area contributed by atoms with Crippen molar-refractivity contribution < 1.29 is 5.11 Å². The summed E-state index contributed by atoms with van der Waals surface area (Å²) in [5.74, 6) is 0.600. The van der Waals surface area contributed by atoms with Gasteiger partial charge in [0.1, 0.15) is 0 Å². The molecule has 0 unspecified atom stereocenters. The lowest BCUT2D eigenvalue weighted by Crippen LogP contribution is -2.23. The second-order valence-electron chi connectivity index (χ2n) is 5.46. The van der Waals surface area contributed by atoms with Gasteiger partial charge in [-0.3, -0.25) is 0 Å². The summed E-state index contributed by atoms with van der Waals surface area (Å²) in [6.45, 7) is 9.07. The van der Waals surface area contributed by atoms with Gasteiger partial charge in [-0.15, -0.1) is 0 Å². The fourth-order valence-corrected chi connectivity index (χ4v) is 3.01. The number of hydrogen-bond acceptors (Lipinski definition) is 1. The summed E-state index contributed by atoms with van der Waals surface area (Å²) in [6, 6.07) is 0. The average Bonchev–Trinajstić information content (AvgIpc) is 2.59. The standard InChI is InChI=1S/C15H22O/c1-11-8-9-15(3,12(11)2)14-6-4-13(10-16)5-7-14/h4,7,12,16H,1,5-6,8-10H2,2-3H3/t12-,15+/m0/s1. The molecule has 0 bridgehead atoms. The first-order chi connectivity index (χ1) is 7.58. The summed E-state index contributed by atoms with van der Waals surface area (Å²) >= 11 is 0. The molecule has 88 valence electrons. The van der Waals surface area contributed by atoms with Crippen LogP contribution in [0.15, 0.2) is 35.5 Å². The number of hydrogen-bond donors (Lipinski definition) is 1. The van der Waals surface area contributed by atoms with E-state index < -0.39 is 0 Å². The van der Waals surface area contributed by atoms with Crippen molar-refractivity contribution in [3.8, 4) is 0 Å². The predicted molar refractivity (Wildman–Crippen MR) is 68.1 cm³/mol. The van der Waals surface area contributed by atoms with Crippen molar-refractivity contribution in [1.29, 1.82) is 0 Å². The van der Waals surface area contributed by atoms with Gasteiger partial charge in [0.05, 0.1) is 6.61 Å². The number of aliphatic hydroxyl groups is 1. The van der Waals surface area contributed by atoms with Crippen LogP contribution in [0.3, 0.4) is 0 Å². The molecule has 0 aromatic rings. The van der Waals surface area contributed by atoms with Crippen LogP contribution in [0.25, 0.3) is 0 Å². The molecular formula is C15H22O. The Bertz CT molecular complexity index is 362. The molecule has 0 aliphatic heterocycles. The summed E-state index contributed by atoms with van der Waals surface area (Å²) in [4.78, 5) is 0. The molecule has 1 fully saturated rings. The van der Waals surface area contributed by atoms with Crippen LogP contribution in [0.4, 0.5) is 0 Å². The van der Waals surface area contributed by atoms with Crippen molar-refractivity contribution in [1.82, 2.24) is 0 Å². The van der Waals surface area contributed by atoms with Crippen molar-refractivity contribution in [2.75, 3.05) is 6.61 Å². The van der Waals surface area contributed by atoms with E-state index in [1.807, 2.05) is 0 Å². The maximum Gasteiger partial charge on any atom is 0.0644 e. The molecule has 0 spiro atoms. The topological polar surface area (TPSA) is 20.2 Å². The summed E-state index contributed by atoms with van der Waals surface area (Å²) in [6.07, 6.45) is 8.90. The Balaban J connectivity index is 2.15. The molecule has 2 aliphatic carbocycles. The second-order valence-corrected chi connectivity index (χ2v) is 5.46. The van der Waals surface area contributed by atoms with Gasteiger partial charge >= 0.3 is 0 Å². The van der Waals surface area contributed by atoms with Crippen LogP contribution in [0.2, 0.25) is 0 Å². The smallest absolute Gasteiger partial charge is 0.0644 e. The molecule has 2 rings (SSSR count). The minimum atomic E-state index is 0.211. The van der Waals surface area contributed by atoms with E-state index in [1.165, 1.54) is 18.4 Å². The zero-order valence-corrected chi connectivity index (χ0v) is 10.4. The van der Waals surface area contributed by atoms with Crippen LogP contribution in [-0.4, -0.2) is 11.7 Å². The van der Waals surface area contributed by atoms with E-state index in [-0.39, 0.29) is 6.61 Å². The van der Waals surface area contributed by atoms with E-state index in [2.05, 4.69) is 32.6 Å². The Hall–Kier alpha value is -0.820.